The molecule has 0 saturated carbocycles. The summed E-state index contributed by atoms with van der Waals surface area (Å²) < 4.78 is 18.6. The molecule has 0 aliphatic heterocycles. The van der Waals surface area contributed by atoms with Crippen LogP contribution in [-0.2, 0) is 6.61 Å². The number of benzene rings is 1. The third kappa shape index (κ3) is 2.66. The second-order valence-corrected chi connectivity index (χ2v) is 4.38. The van der Waals surface area contributed by atoms with Crippen molar-refractivity contribution in [3.05, 3.63) is 52.0 Å². The van der Waals surface area contributed by atoms with Crippen molar-refractivity contribution in [1.82, 2.24) is 5.43 Å². The van der Waals surface area contributed by atoms with Gasteiger partial charge in [0.1, 0.15) is 6.61 Å². The smallest absolute Gasteiger partial charge is 0.275 e. The van der Waals surface area contributed by atoms with Gasteiger partial charge in [-0.1, -0.05) is 12.1 Å². The number of rotatable bonds is 4. The molecule has 1 aromatic heterocycles. The number of hydrazine groups is 1. The molecular weight excluding hydrogens is 255 g/mol. The van der Waals surface area contributed by atoms with Gasteiger partial charge in [0.05, 0.1) is 4.88 Å². The summed E-state index contributed by atoms with van der Waals surface area (Å²) >= 11 is 1.26. The number of halogens is 1. The van der Waals surface area contributed by atoms with E-state index < -0.39 is 5.82 Å². The summed E-state index contributed by atoms with van der Waals surface area (Å²) in [5, 5.41) is 1.75. The fraction of sp³-hybridized carbons (Fsp3) is 0.0833. The van der Waals surface area contributed by atoms with Gasteiger partial charge in [0.2, 0.25) is 0 Å². The Balaban J connectivity index is 2.09. The van der Waals surface area contributed by atoms with E-state index in [4.69, 9.17) is 10.6 Å². The minimum absolute atomic E-state index is 0.118. The van der Waals surface area contributed by atoms with Crippen molar-refractivity contribution in [2.75, 3.05) is 0 Å². The number of nitrogen functional groups attached to an aromatic ring is 1. The van der Waals surface area contributed by atoms with Crippen LogP contribution >= 0.6 is 11.3 Å². The van der Waals surface area contributed by atoms with Crippen molar-refractivity contribution in [3.8, 4) is 5.75 Å². The summed E-state index contributed by atoms with van der Waals surface area (Å²) in [5.41, 5.74) is 2.73. The van der Waals surface area contributed by atoms with E-state index in [0.717, 1.165) is 0 Å². The summed E-state index contributed by atoms with van der Waals surface area (Å²) in [4.78, 5) is 11.9. The average Bonchev–Trinajstić information content (AvgIpc) is 2.85. The Morgan fingerprint density at radius 3 is 2.89 bits per heavy atom. The van der Waals surface area contributed by atoms with E-state index in [1.54, 1.807) is 23.6 Å². The Kier molecular flexibility index (Phi) is 3.91. The van der Waals surface area contributed by atoms with Crippen LogP contribution in [0.15, 0.2) is 35.7 Å². The van der Waals surface area contributed by atoms with E-state index in [9.17, 15) is 9.18 Å². The molecule has 0 aliphatic carbocycles. The Morgan fingerprint density at radius 1 is 1.39 bits per heavy atom. The van der Waals surface area contributed by atoms with Gasteiger partial charge in [-0.05, 0) is 23.6 Å². The topological polar surface area (TPSA) is 64.3 Å². The molecule has 0 atom stereocenters. The number of carbonyl (C=O) groups is 1. The molecule has 4 nitrogen and oxygen atoms in total. The van der Waals surface area contributed by atoms with Crippen LogP contribution < -0.4 is 16.0 Å². The molecule has 1 aromatic carbocycles. The molecule has 2 rings (SSSR count). The van der Waals surface area contributed by atoms with Gasteiger partial charge in [-0.2, -0.15) is 0 Å². The number of hydrogen-bond donors (Lipinski definition) is 2. The SMILES string of the molecule is NNC(=O)c1sccc1COc1ccccc1F. The number of nitrogens with two attached hydrogens (primary N) is 1. The van der Waals surface area contributed by atoms with Crippen molar-refractivity contribution in [3.63, 3.8) is 0 Å². The van der Waals surface area contributed by atoms with Crippen molar-refractivity contribution >= 4 is 17.2 Å². The molecule has 0 aliphatic rings. The van der Waals surface area contributed by atoms with Crippen LogP contribution in [0.1, 0.15) is 15.2 Å². The predicted molar refractivity (Wildman–Crippen MR) is 66.7 cm³/mol. The van der Waals surface area contributed by atoms with Crippen molar-refractivity contribution < 1.29 is 13.9 Å². The van der Waals surface area contributed by atoms with E-state index in [0.29, 0.717) is 10.4 Å². The summed E-state index contributed by atoms with van der Waals surface area (Å²) in [6.07, 6.45) is 0. The summed E-state index contributed by atoms with van der Waals surface area (Å²) in [6.45, 7) is 0.118. The lowest BCUT2D eigenvalue weighted by molar-refractivity contribution is 0.0955. The zero-order valence-corrected chi connectivity index (χ0v) is 10.2. The van der Waals surface area contributed by atoms with Gasteiger partial charge in [0.15, 0.2) is 11.6 Å². The maximum atomic E-state index is 13.3. The van der Waals surface area contributed by atoms with E-state index in [2.05, 4.69) is 5.43 Å². The minimum atomic E-state index is -0.433. The second-order valence-electron chi connectivity index (χ2n) is 3.47. The van der Waals surface area contributed by atoms with Gasteiger partial charge in [0.25, 0.3) is 5.91 Å². The number of para-hydroxylation sites is 1. The minimum Gasteiger partial charge on any atom is -0.486 e. The quantitative estimate of drug-likeness (QED) is 0.506. The van der Waals surface area contributed by atoms with Gasteiger partial charge in [0, 0.05) is 5.56 Å². The van der Waals surface area contributed by atoms with Crippen molar-refractivity contribution in [2.24, 2.45) is 5.84 Å². The largest absolute Gasteiger partial charge is 0.486 e. The summed E-state index contributed by atoms with van der Waals surface area (Å²) in [5.74, 6) is 4.41. The van der Waals surface area contributed by atoms with Crippen LogP contribution in [0, 0.1) is 5.82 Å². The molecule has 2 aromatic rings. The normalized spacial score (nSPS) is 10.1. The van der Waals surface area contributed by atoms with Crippen LogP contribution in [0.5, 0.6) is 5.75 Å². The predicted octanol–water partition coefficient (Wildman–Crippen LogP) is 2.07. The Hall–Kier alpha value is -1.92. The molecule has 0 unspecified atom stereocenters. The molecule has 3 N–H and O–H groups in total. The Bertz CT molecular complexity index is 557. The lowest BCUT2D eigenvalue weighted by Crippen LogP contribution is -2.30. The molecule has 0 bridgehead atoms. The molecule has 0 radical (unpaired) electrons. The van der Waals surface area contributed by atoms with E-state index in [-0.39, 0.29) is 18.3 Å². The number of nitrogens with one attached hydrogen (secondary N) is 1. The van der Waals surface area contributed by atoms with Crippen LogP contribution in [0.2, 0.25) is 0 Å². The van der Waals surface area contributed by atoms with E-state index in [1.807, 2.05) is 0 Å². The molecule has 0 fully saturated rings. The van der Waals surface area contributed by atoms with Crippen LogP contribution in [0.3, 0.4) is 0 Å². The second kappa shape index (κ2) is 5.61. The standard InChI is InChI=1S/C12H11FN2O2S/c13-9-3-1-2-4-10(9)17-7-8-5-6-18-11(8)12(16)15-14/h1-6H,7,14H2,(H,15,16). The van der Waals surface area contributed by atoms with E-state index >= 15 is 0 Å². The monoisotopic (exact) mass is 266 g/mol. The maximum absolute atomic E-state index is 13.3. The average molecular weight is 266 g/mol. The van der Waals surface area contributed by atoms with Crippen LogP contribution in [0.4, 0.5) is 4.39 Å². The molecule has 0 spiro atoms. The Labute approximate surface area is 107 Å². The summed E-state index contributed by atoms with van der Waals surface area (Å²) in [6, 6.07) is 7.86. The molecule has 0 saturated heterocycles. The number of amides is 1. The van der Waals surface area contributed by atoms with Gasteiger partial charge in [-0.3, -0.25) is 10.2 Å². The van der Waals surface area contributed by atoms with Crippen LogP contribution in [-0.4, -0.2) is 5.91 Å². The Morgan fingerprint density at radius 2 is 2.17 bits per heavy atom. The zero-order chi connectivity index (χ0) is 13.0. The molecule has 94 valence electrons. The van der Waals surface area contributed by atoms with Gasteiger partial charge >= 0.3 is 0 Å². The first-order chi connectivity index (χ1) is 8.72. The first kappa shape index (κ1) is 12.5. The fourth-order valence-corrected chi connectivity index (χ4v) is 2.24. The van der Waals surface area contributed by atoms with Crippen molar-refractivity contribution in [1.29, 1.82) is 0 Å². The lowest BCUT2D eigenvalue weighted by atomic mass is 10.2. The van der Waals surface area contributed by atoms with E-state index in [1.165, 1.54) is 23.5 Å². The highest BCUT2D eigenvalue weighted by atomic mass is 32.1. The molecule has 6 heteroatoms. The third-order valence-electron chi connectivity index (χ3n) is 2.30. The molecule has 1 heterocycles. The number of ether oxygens (including phenoxy) is 1. The van der Waals surface area contributed by atoms with Gasteiger partial charge in [-0.15, -0.1) is 11.3 Å². The summed E-state index contributed by atoms with van der Waals surface area (Å²) in [7, 11) is 0. The first-order valence-corrected chi connectivity index (χ1v) is 6.05. The lowest BCUT2D eigenvalue weighted by Gasteiger charge is -2.07. The van der Waals surface area contributed by atoms with Gasteiger partial charge in [-0.25, -0.2) is 10.2 Å². The molecular formula is C12H11FN2O2S. The van der Waals surface area contributed by atoms with Crippen molar-refractivity contribution in [2.45, 2.75) is 6.61 Å². The highest BCUT2D eigenvalue weighted by molar-refractivity contribution is 7.12. The number of hydrogen-bond acceptors (Lipinski definition) is 4. The number of thiophene rings is 1. The molecule has 18 heavy (non-hydrogen) atoms. The number of carbonyl (C=O) groups excluding carboxylic acids is 1. The highest BCUT2D eigenvalue weighted by Crippen LogP contribution is 2.21. The fourth-order valence-electron chi connectivity index (χ4n) is 1.43. The highest BCUT2D eigenvalue weighted by Gasteiger charge is 2.12. The zero-order valence-electron chi connectivity index (χ0n) is 9.35. The molecule has 1 amide bonds. The van der Waals surface area contributed by atoms with Gasteiger partial charge < -0.3 is 4.74 Å². The first-order valence-electron chi connectivity index (χ1n) is 5.17. The third-order valence-corrected chi connectivity index (χ3v) is 3.26. The van der Waals surface area contributed by atoms with Crippen LogP contribution in [0.25, 0.3) is 0 Å². The maximum Gasteiger partial charge on any atom is 0.275 e.